The summed E-state index contributed by atoms with van der Waals surface area (Å²) in [5.74, 6) is 0. The van der Waals surface area contributed by atoms with Crippen LogP contribution in [0.25, 0.3) is 0 Å². The molecule has 0 N–H and O–H groups in total. The first-order chi connectivity index (χ1) is 15.7. The van der Waals surface area contributed by atoms with Crippen molar-refractivity contribution in [2.75, 3.05) is 18.0 Å². The highest BCUT2D eigenvalue weighted by atomic mass is 35.5. The van der Waals surface area contributed by atoms with Gasteiger partial charge in [-0.3, -0.25) is 9.80 Å². The van der Waals surface area contributed by atoms with Gasteiger partial charge in [-0.1, -0.05) is 30.3 Å². The van der Waals surface area contributed by atoms with Crippen molar-refractivity contribution >= 4 is 24.2 Å². The number of nitriles is 1. The number of hydrogen-bond donors (Lipinski definition) is 0. The van der Waals surface area contributed by atoms with Crippen molar-refractivity contribution in [2.24, 2.45) is 0 Å². The van der Waals surface area contributed by atoms with Crippen molar-refractivity contribution in [1.82, 2.24) is 14.5 Å². The minimum atomic E-state index is -0.234. The topological polar surface area (TPSA) is 74.4 Å². The number of aromatic nitrogens is 2. The van der Waals surface area contributed by atoms with Gasteiger partial charge in [-0.25, -0.2) is 9.78 Å². The van der Waals surface area contributed by atoms with E-state index >= 15 is 0 Å². The predicted octanol–water partition coefficient (Wildman–Crippen LogP) is 4.35. The third-order valence-corrected chi connectivity index (χ3v) is 6.34. The van der Waals surface area contributed by atoms with Gasteiger partial charge in [0.1, 0.15) is 6.61 Å². The van der Waals surface area contributed by atoms with E-state index in [2.05, 4.69) is 20.5 Å². The van der Waals surface area contributed by atoms with Crippen LogP contribution in [0.5, 0.6) is 0 Å². The van der Waals surface area contributed by atoms with Crippen molar-refractivity contribution in [3.8, 4) is 6.07 Å². The van der Waals surface area contributed by atoms with Crippen LogP contribution in [0.2, 0.25) is 0 Å². The average Bonchev–Trinajstić information content (AvgIpc) is 3.26. The first-order valence-electron chi connectivity index (χ1n) is 11.0. The van der Waals surface area contributed by atoms with Gasteiger partial charge in [0.15, 0.2) is 0 Å². The van der Waals surface area contributed by atoms with E-state index in [1.165, 1.54) is 0 Å². The predicted molar refractivity (Wildman–Crippen MR) is 127 cm³/mol. The number of piperidine rings is 1. The molecule has 1 fully saturated rings. The van der Waals surface area contributed by atoms with E-state index in [-0.39, 0.29) is 24.5 Å². The largest absolute Gasteiger partial charge is 0.444 e. The molecule has 0 radical (unpaired) electrons. The number of amides is 1. The number of nitrogens with zero attached hydrogens (tertiary/aromatic N) is 5. The van der Waals surface area contributed by atoms with Crippen LogP contribution in [0.4, 0.5) is 10.5 Å². The van der Waals surface area contributed by atoms with Crippen LogP contribution in [-0.4, -0.2) is 39.7 Å². The molecule has 1 aromatic heterocycles. The Morgan fingerprint density at radius 2 is 1.82 bits per heavy atom. The molecular weight excluding hydrogens is 438 g/mol. The molecule has 0 spiro atoms. The number of hydrogen-bond acceptors (Lipinski definition) is 5. The highest BCUT2D eigenvalue weighted by Gasteiger charge is 2.34. The number of cyclic esters (lactones) is 1. The molecule has 0 aliphatic carbocycles. The minimum Gasteiger partial charge on any atom is -0.444 e. The summed E-state index contributed by atoms with van der Waals surface area (Å²) in [6.45, 7) is 3.74. The molecule has 0 atom stereocenters. The molecule has 3 aromatic rings. The fourth-order valence-electron chi connectivity index (χ4n) is 4.59. The second-order valence-corrected chi connectivity index (χ2v) is 8.38. The lowest BCUT2D eigenvalue weighted by molar-refractivity contribution is 0.131. The number of anilines is 1. The molecule has 0 unspecified atom stereocenters. The molecule has 2 aliphatic heterocycles. The normalized spacial score (nSPS) is 16.5. The van der Waals surface area contributed by atoms with Crippen LogP contribution in [0, 0.1) is 11.3 Å². The van der Waals surface area contributed by atoms with Crippen molar-refractivity contribution in [2.45, 2.75) is 38.6 Å². The Hall–Kier alpha value is -3.34. The van der Waals surface area contributed by atoms with Gasteiger partial charge in [0.05, 0.1) is 29.3 Å². The summed E-state index contributed by atoms with van der Waals surface area (Å²) in [5.41, 5.74) is 5.03. The zero-order valence-corrected chi connectivity index (χ0v) is 19.1. The van der Waals surface area contributed by atoms with E-state index in [1.807, 2.05) is 66.0 Å². The quantitative estimate of drug-likeness (QED) is 0.562. The van der Waals surface area contributed by atoms with E-state index in [0.29, 0.717) is 12.2 Å². The molecule has 33 heavy (non-hydrogen) atoms. The van der Waals surface area contributed by atoms with Crippen LogP contribution in [0.15, 0.2) is 61.1 Å². The van der Waals surface area contributed by atoms with Crippen LogP contribution >= 0.6 is 12.4 Å². The number of para-hydroxylation sites is 1. The molecule has 1 saturated heterocycles. The molecule has 0 bridgehead atoms. The molecular formula is C25H26ClN5O2. The SMILES string of the molecule is Cl.N#Cc1ccc(Cn2cncc2CN2CCC(N3C(=O)OCc4ccccc43)CC2)cc1. The van der Waals surface area contributed by atoms with E-state index in [4.69, 9.17) is 10.00 Å². The first kappa shape index (κ1) is 22.8. The van der Waals surface area contributed by atoms with Crippen molar-refractivity contribution in [3.05, 3.63) is 83.4 Å². The summed E-state index contributed by atoms with van der Waals surface area (Å²) < 4.78 is 7.57. The van der Waals surface area contributed by atoms with E-state index in [1.54, 1.807) is 0 Å². The number of rotatable bonds is 5. The Morgan fingerprint density at radius 1 is 1.06 bits per heavy atom. The second-order valence-electron chi connectivity index (χ2n) is 8.38. The number of carbonyl (C=O) groups is 1. The van der Waals surface area contributed by atoms with Crippen LogP contribution < -0.4 is 4.90 Å². The Bertz CT molecular complexity index is 1150. The highest BCUT2D eigenvalue weighted by molar-refractivity contribution is 5.91. The first-order valence-corrected chi connectivity index (χ1v) is 11.0. The summed E-state index contributed by atoms with van der Waals surface area (Å²) in [5, 5.41) is 8.98. The number of carbonyl (C=O) groups excluding carboxylic acids is 1. The molecule has 170 valence electrons. The smallest absolute Gasteiger partial charge is 0.414 e. The van der Waals surface area contributed by atoms with Gasteiger partial charge in [0, 0.05) is 44.0 Å². The maximum Gasteiger partial charge on any atom is 0.414 e. The number of benzene rings is 2. The third kappa shape index (κ3) is 4.87. The van der Waals surface area contributed by atoms with Gasteiger partial charge in [-0.15, -0.1) is 12.4 Å². The maximum absolute atomic E-state index is 12.5. The van der Waals surface area contributed by atoms with Crippen molar-refractivity contribution in [1.29, 1.82) is 5.26 Å². The standard InChI is InChI=1S/C25H25N5O2.ClH/c26-13-19-5-7-20(8-6-19)15-29-18-27-14-23(29)16-28-11-9-22(10-12-28)30-24-4-2-1-3-21(24)17-32-25(30)31;/h1-8,14,18,22H,9-12,15-17H2;1H. The van der Waals surface area contributed by atoms with Gasteiger partial charge < -0.3 is 9.30 Å². The molecule has 5 rings (SSSR count). The molecule has 2 aromatic carbocycles. The second kappa shape index (κ2) is 10.1. The summed E-state index contributed by atoms with van der Waals surface area (Å²) in [7, 11) is 0. The van der Waals surface area contributed by atoms with Gasteiger partial charge in [-0.2, -0.15) is 5.26 Å². The lowest BCUT2D eigenvalue weighted by atomic mass is 10.0. The molecule has 8 heteroatoms. The van der Waals surface area contributed by atoms with Crippen molar-refractivity contribution < 1.29 is 9.53 Å². The van der Waals surface area contributed by atoms with Gasteiger partial charge in [-0.05, 0) is 36.6 Å². The zero-order valence-electron chi connectivity index (χ0n) is 18.3. The van der Waals surface area contributed by atoms with Crippen LogP contribution in [-0.2, 0) is 24.4 Å². The molecule has 7 nitrogen and oxygen atoms in total. The lowest BCUT2D eigenvalue weighted by Crippen LogP contribution is -2.49. The van der Waals surface area contributed by atoms with E-state index in [9.17, 15) is 4.79 Å². The molecule has 2 aliphatic rings. The summed E-state index contributed by atoms with van der Waals surface area (Å²) in [6, 6.07) is 18.0. The average molecular weight is 464 g/mol. The monoisotopic (exact) mass is 463 g/mol. The zero-order chi connectivity index (χ0) is 21.9. The fraction of sp³-hybridized carbons (Fsp3) is 0.320. The van der Waals surface area contributed by atoms with E-state index in [0.717, 1.165) is 61.5 Å². The fourth-order valence-corrected chi connectivity index (χ4v) is 4.59. The summed E-state index contributed by atoms with van der Waals surface area (Å²) in [4.78, 5) is 21.1. The van der Waals surface area contributed by atoms with Gasteiger partial charge >= 0.3 is 6.09 Å². The molecule has 0 saturated carbocycles. The summed E-state index contributed by atoms with van der Waals surface area (Å²) in [6.07, 6.45) is 5.37. The van der Waals surface area contributed by atoms with Gasteiger partial charge in [0.2, 0.25) is 0 Å². The Kier molecular flexibility index (Phi) is 6.97. The number of halogens is 1. The number of fused-ring (bicyclic) bond motifs is 1. The maximum atomic E-state index is 12.5. The Balaban J connectivity index is 0.00000259. The van der Waals surface area contributed by atoms with Crippen LogP contribution in [0.1, 0.15) is 35.2 Å². The Morgan fingerprint density at radius 3 is 2.58 bits per heavy atom. The highest BCUT2D eigenvalue weighted by Crippen LogP contribution is 2.32. The molecule has 1 amide bonds. The number of ether oxygens (including phenoxy) is 1. The van der Waals surface area contributed by atoms with E-state index < -0.39 is 0 Å². The lowest BCUT2D eigenvalue weighted by Gasteiger charge is -2.40. The minimum absolute atomic E-state index is 0. The number of likely N-dealkylation sites (tertiary alicyclic amines) is 1. The number of imidazole rings is 1. The summed E-state index contributed by atoms with van der Waals surface area (Å²) >= 11 is 0. The Labute approximate surface area is 199 Å². The van der Waals surface area contributed by atoms with Crippen LogP contribution in [0.3, 0.4) is 0 Å². The third-order valence-electron chi connectivity index (χ3n) is 6.34. The molecule has 3 heterocycles. The van der Waals surface area contributed by atoms with Gasteiger partial charge in [0.25, 0.3) is 0 Å². The van der Waals surface area contributed by atoms with Crippen molar-refractivity contribution in [3.63, 3.8) is 0 Å².